The number of anilines is 1. The van der Waals surface area contributed by atoms with Crippen LogP contribution in [-0.4, -0.2) is 42.6 Å². The van der Waals surface area contributed by atoms with E-state index in [4.69, 9.17) is 4.98 Å². The van der Waals surface area contributed by atoms with E-state index in [9.17, 15) is 0 Å². The molecule has 1 saturated heterocycles. The molecule has 2 aromatic carbocycles. The topological polar surface area (TPSA) is 19.4 Å². The van der Waals surface area contributed by atoms with Crippen molar-refractivity contribution >= 4 is 16.7 Å². The number of rotatable bonds is 3. The van der Waals surface area contributed by atoms with Gasteiger partial charge < -0.3 is 9.80 Å². The summed E-state index contributed by atoms with van der Waals surface area (Å²) in [5.41, 5.74) is 4.96. The van der Waals surface area contributed by atoms with Crippen LogP contribution in [0.15, 0.2) is 54.6 Å². The van der Waals surface area contributed by atoms with Crippen LogP contribution in [0, 0.1) is 6.92 Å². The second-order valence-corrected chi connectivity index (χ2v) is 6.74. The third kappa shape index (κ3) is 3.00. The highest BCUT2D eigenvalue weighted by Crippen LogP contribution is 2.36. The van der Waals surface area contributed by atoms with Crippen molar-refractivity contribution in [2.75, 3.05) is 37.6 Å². The van der Waals surface area contributed by atoms with Gasteiger partial charge in [0.1, 0.15) is 5.82 Å². The number of benzene rings is 2. The zero-order valence-corrected chi connectivity index (χ0v) is 15.1. The maximum atomic E-state index is 5.04. The molecule has 3 heteroatoms. The van der Waals surface area contributed by atoms with Crippen molar-refractivity contribution in [3.63, 3.8) is 0 Å². The van der Waals surface area contributed by atoms with E-state index in [1.807, 2.05) is 0 Å². The Kier molecular flexibility index (Phi) is 4.41. The molecule has 1 fully saturated rings. The summed E-state index contributed by atoms with van der Waals surface area (Å²) < 4.78 is 0. The first-order valence-electron chi connectivity index (χ1n) is 9.20. The fourth-order valence-electron chi connectivity index (χ4n) is 3.85. The summed E-state index contributed by atoms with van der Waals surface area (Å²) in [6, 6.07) is 19.2. The minimum Gasteiger partial charge on any atom is -0.354 e. The number of fused-ring (bicyclic) bond motifs is 1. The molecule has 1 aliphatic heterocycles. The number of para-hydroxylation sites is 1. The highest BCUT2D eigenvalue weighted by atomic mass is 15.3. The van der Waals surface area contributed by atoms with Gasteiger partial charge in [-0.1, -0.05) is 55.5 Å². The summed E-state index contributed by atoms with van der Waals surface area (Å²) in [5, 5.41) is 1.24. The molecule has 25 heavy (non-hydrogen) atoms. The Morgan fingerprint density at radius 1 is 0.880 bits per heavy atom. The van der Waals surface area contributed by atoms with Gasteiger partial charge in [0.2, 0.25) is 0 Å². The van der Waals surface area contributed by atoms with Crippen LogP contribution in [0.2, 0.25) is 0 Å². The first kappa shape index (κ1) is 16.1. The highest BCUT2D eigenvalue weighted by molar-refractivity contribution is 5.98. The minimum atomic E-state index is 1.05. The third-order valence-corrected chi connectivity index (χ3v) is 5.29. The summed E-state index contributed by atoms with van der Waals surface area (Å²) in [4.78, 5) is 10.0. The quantitative estimate of drug-likeness (QED) is 0.711. The Balaban J connectivity index is 1.85. The standard InChI is InChI=1S/C22H25N3/c1-3-24-13-15-25(16-14-24)22-17(2)21(18-9-5-4-6-10-18)19-11-7-8-12-20(19)23-22/h4-12H,3,13-16H2,1-2H3. The summed E-state index contributed by atoms with van der Waals surface area (Å²) in [6.07, 6.45) is 0. The van der Waals surface area contributed by atoms with Crippen molar-refractivity contribution in [3.8, 4) is 11.1 Å². The highest BCUT2D eigenvalue weighted by Gasteiger charge is 2.21. The monoisotopic (exact) mass is 331 g/mol. The van der Waals surface area contributed by atoms with E-state index in [2.05, 4.69) is 78.2 Å². The number of aromatic nitrogens is 1. The average Bonchev–Trinajstić information content (AvgIpc) is 2.68. The molecule has 0 bridgehead atoms. The maximum absolute atomic E-state index is 5.04. The summed E-state index contributed by atoms with van der Waals surface area (Å²) in [5.74, 6) is 1.15. The van der Waals surface area contributed by atoms with Gasteiger partial charge in [0, 0.05) is 37.1 Å². The lowest BCUT2D eigenvalue weighted by Gasteiger charge is -2.36. The Hall–Kier alpha value is -2.39. The van der Waals surface area contributed by atoms with Crippen LogP contribution in [0.3, 0.4) is 0 Å². The van der Waals surface area contributed by atoms with E-state index in [0.29, 0.717) is 0 Å². The van der Waals surface area contributed by atoms with Crippen molar-refractivity contribution in [2.24, 2.45) is 0 Å². The van der Waals surface area contributed by atoms with Crippen LogP contribution in [0.5, 0.6) is 0 Å². The molecule has 0 spiro atoms. The van der Waals surface area contributed by atoms with Gasteiger partial charge in [-0.25, -0.2) is 4.98 Å². The first-order chi connectivity index (χ1) is 12.3. The van der Waals surface area contributed by atoms with Crippen molar-refractivity contribution in [2.45, 2.75) is 13.8 Å². The number of pyridine rings is 1. The third-order valence-electron chi connectivity index (χ3n) is 5.29. The Bertz CT molecular complexity index is 865. The predicted octanol–water partition coefficient (Wildman–Crippen LogP) is 4.35. The first-order valence-corrected chi connectivity index (χ1v) is 9.20. The number of hydrogen-bond donors (Lipinski definition) is 0. The molecule has 0 radical (unpaired) electrons. The average molecular weight is 331 g/mol. The van der Waals surface area contributed by atoms with Crippen molar-refractivity contribution < 1.29 is 0 Å². The molecule has 4 rings (SSSR count). The largest absolute Gasteiger partial charge is 0.354 e. The number of hydrogen-bond acceptors (Lipinski definition) is 3. The summed E-state index contributed by atoms with van der Waals surface area (Å²) in [7, 11) is 0. The molecule has 0 unspecified atom stereocenters. The Morgan fingerprint density at radius 2 is 1.56 bits per heavy atom. The maximum Gasteiger partial charge on any atom is 0.132 e. The zero-order chi connectivity index (χ0) is 17.2. The van der Waals surface area contributed by atoms with Crippen molar-refractivity contribution in [3.05, 3.63) is 60.2 Å². The lowest BCUT2D eigenvalue weighted by Crippen LogP contribution is -2.46. The smallest absolute Gasteiger partial charge is 0.132 e. The van der Waals surface area contributed by atoms with Crippen LogP contribution in [-0.2, 0) is 0 Å². The van der Waals surface area contributed by atoms with Crippen LogP contribution >= 0.6 is 0 Å². The van der Waals surface area contributed by atoms with Crippen LogP contribution in [0.4, 0.5) is 5.82 Å². The lowest BCUT2D eigenvalue weighted by molar-refractivity contribution is 0.270. The van der Waals surface area contributed by atoms with Crippen LogP contribution in [0.1, 0.15) is 12.5 Å². The SMILES string of the molecule is CCN1CCN(c2nc3ccccc3c(-c3ccccc3)c2C)CC1. The molecule has 1 aliphatic rings. The molecule has 3 aromatic rings. The molecule has 0 atom stereocenters. The van der Waals surface area contributed by atoms with Gasteiger partial charge in [0.05, 0.1) is 5.52 Å². The molecule has 0 saturated carbocycles. The molecular formula is C22H25N3. The molecule has 2 heterocycles. The molecule has 128 valence electrons. The van der Waals surface area contributed by atoms with Gasteiger partial charge in [-0.05, 0) is 30.7 Å². The second kappa shape index (κ2) is 6.85. The van der Waals surface area contributed by atoms with Gasteiger partial charge in [-0.3, -0.25) is 0 Å². The van der Waals surface area contributed by atoms with Gasteiger partial charge in [-0.15, -0.1) is 0 Å². The molecule has 3 nitrogen and oxygen atoms in total. The molecule has 0 amide bonds. The number of piperazine rings is 1. The Labute approximate surface area is 149 Å². The molecule has 0 aliphatic carbocycles. The van der Waals surface area contributed by atoms with Gasteiger partial charge in [0.25, 0.3) is 0 Å². The normalized spacial score (nSPS) is 15.7. The fraction of sp³-hybridized carbons (Fsp3) is 0.318. The van der Waals surface area contributed by atoms with E-state index >= 15 is 0 Å². The predicted molar refractivity (Wildman–Crippen MR) is 106 cm³/mol. The van der Waals surface area contributed by atoms with E-state index in [1.54, 1.807) is 0 Å². The van der Waals surface area contributed by atoms with E-state index in [0.717, 1.165) is 44.1 Å². The van der Waals surface area contributed by atoms with Gasteiger partial charge >= 0.3 is 0 Å². The van der Waals surface area contributed by atoms with Crippen LogP contribution < -0.4 is 4.90 Å². The van der Waals surface area contributed by atoms with Gasteiger partial charge in [-0.2, -0.15) is 0 Å². The van der Waals surface area contributed by atoms with Crippen LogP contribution in [0.25, 0.3) is 22.0 Å². The summed E-state index contributed by atoms with van der Waals surface area (Å²) in [6.45, 7) is 9.93. The zero-order valence-electron chi connectivity index (χ0n) is 15.1. The van der Waals surface area contributed by atoms with Gasteiger partial charge in [0.15, 0.2) is 0 Å². The van der Waals surface area contributed by atoms with Crippen molar-refractivity contribution in [1.82, 2.24) is 9.88 Å². The Morgan fingerprint density at radius 3 is 2.28 bits per heavy atom. The molecular weight excluding hydrogens is 306 g/mol. The van der Waals surface area contributed by atoms with Crippen molar-refractivity contribution in [1.29, 1.82) is 0 Å². The second-order valence-electron chi connectivity index (χ2n) is 6.74. The molecule has 0 N–H and O–H groups in total. The minimum absolute atomic E-state index is 1.05. The van der Waals surface area contributed by atoms with E-state index in [1.165, 1.54) is 22.1 Å². The summed E-state index contributed by atoms with van der Waals surface area (Å²) >= 11 is 0. The van der Waals surface area contributed by atoms with E-state index < -0.39 is 0 Å². The van der Waals surface area contributed by atoms with E-state index in [-0.39, 0.29) is 0 Å². The fourth-order valence-corrected chi connectivity index (χ4v) is 3.85. The lowest BCUT2D eigenvalue weighted by atomic mass is 9.96. The number of nitrogens with zero attached hydrogens (tertiary/aromatic N) is 3. The molecule has 1 aromatic heterocycles. The number of likely N-dealkylation sites (N-methyl/N-ethyl adjacent to an activating group) is 1.